The standard InChI is InChI=1S/C12H14N4O/c1-8-2-3-11(13)10(4-8)12(17)15-6-9-5-14-7-16-9/h2-5,7H,6,13H2,1H3,(H,14,16)(H,15,17). The number of nitrogen functional groups attached to an aromatic ring is 1. The molecule has 1 aromatic carbocycles. The topological polar surface area (TPSA) is 83.8 Å². The number of aryl methyl sites for hydroxylation is 1. The quantitative estimate of drug-likeness (QED) is 0.693. The monoisotopic (exact) mass is 230 g/mol. The summed E-state index contributed by atoms with van der Waals surface area (Å²) in [5.74, 6) is -0.180. The average molecular weight is 230 g/mol. The molecule has 2 rings (SSSR count). The van der Waals surface area contributed by atoms with E-state index in [9.17, 15) is 4.79 Å². The molecular weight excluding hydrogens is 216 g/mol. The zero-order chi connectivity index (χ0) is 12.3. The molecule has 0 aliphatic carbocycles. The van der Waals surface area contributed by atoms with Crippen molar-refractivity contribution < 1.29 is 4.79 Å². The van der Waals surface area contributed by atoms with Crippen molar-refractivity contribution in [1.29, 1.82) is 0 Å². The van der Waals surface area contributed by atoms with Crippen LogP contribution in [-0.4, -0.2) is 15.9 Å². The van der Waals surface area contributed by atoms with E-state index < -0.39 is 0 Å². The Kier molecular flexibility index (Phi) is 3.09. The van der Waals surface area contributed by atoms with Gasteiger partial charge in [-0.1, -0.05) is 11.6 Å². The number of imidazole rings is 1. The third kappa shape index (κ3) is 2.63. The maximum atomic E-state index is 11.9. The molecule has 88 valence electrons. The second-order valence-electron chi connectivity index (χ2n) is 3.85. The van der Waals surface area contributed by atoms with E-state index in [0.717, 1.165) is 11.3 Å². The highest BCUT2D eigenvalue weighted by Gasteiger charge is 2.09. The summed E-state index contributed by atoms with van der Waals surface area (Å²) in [4.78, 5) is 18.7. The molecule has 0 spiro atoms. The zero-order valence-electron chi connectivity index (χ0n) is 9.53. The fraction of sp³-hybridized carbons (Fsp3) is 0.167. The van der Waals surface area contributed by atoms with Gasteiger partial charge in [0.15, 0.2) is 0 Å². The highest BCUT2D eigenvalue weighted by molar-refractivity contribution is 5.99. The number of rotatable bonds is 3. The SMILES string of the molecule is Cc1ccc(N)c(C(=O)NCc2cnc[nH]2)c1. The van der Waals surface area contributed by atoms with Crippen LogP contribution >= 0.6 is 0 Å². The van der Waals surface area contributed by atoms with Crippen LogP contribution in [0.4, 0.5) is 5.69 Å². The minimum atomic E-state index is -0.180. The molecule has 1 heterocycles. The Morgan fingerprint density at radius 2 is 2.35 bits per heavy atom. The van der Waals surface area contributed by atoms with E-state index in [4.69, 9.17) is 5.73 Å². The van der Waals surface area contributed by atoms with Crippen molar-refractivity contribution in [1.82, 2.24) is 15.3 Å². The molecule has 0 saturated heterocycles. The first kappa shape index (κ1) is 11.2. The van der Waals surface area contributed by atoms with Crippen LogP contribution in [0.15, 0.2) is 30.7 Å². The Morgan fingerprint density at radius 1 is 1.53 bits per heavy atom. The van der Waals surface area contributed by atoms with E-state index >= 15 is 0 Å². The summed E-state index contributed by atoms with van der Waals surface area (Å²) in [7, 11) is 0. The number of nitrogens with one attached hydrogen (secondary N) is 2. The van der Waals surface area contributed by atoms with E-state index in [1.807, 2.05) is 13.0 Å². The molecule has 1 amide bonds. The van der Waals surface area contributed by atoms with Crippen molar-refractivity contribution in [3.8, 4) is 0 Å². The van der Waals surface area contributed by atoms with Crippen LogP contribution in [0, 0.1) is 6.92 Å². The highest BCUT2D eigenvalue weighted by atomic mass is 16.1. The number of aromatic amines is 1. The van der Waals surface area contributed by atoms with Crippen molar-refractivity contribution in [2.45, 2.75) is 13.5 Å². The van der Waals surface area contributed by atoms with E-state index in [1.165, 1.54) is 0 Å². The number of aromatic nitrogens is 2. The van der Waals surface area contributed by atoms with Gasteiger partial charge in [-0.3, -0.25) is 4.79 Å². The molecule has 5 nitrogen and oxygen atoms in total. The molecule has 2 aromatic rings. The number of hydrogen-bond donors (Lipinski definition) is 3. The van der Waals surface area contributed by atoms with Crippen molar-refractivity contribution in [3.05, 3.63) is 47.5 Å². The van der Waals surface area contributed by atoms with Crippen LogP contribution in [0.2, 0.25) is 0 Å². The van der Waals surface area contributed by atoms with Gasteiger partial charge in [0.2, 0.25) is 0 Å². The molecule has 0 atom stereocenters. The molecule has 0 aliphatic rings. The lowest BCUT2D eigenvalue weighted by Crippen LogP contribution is -2.24. The zero-order valence-corrected chi connectivity index (χ0v) is 9.53. The average Bonchev–Trinajstić information content (AvgIpc) is 2.82. The largest absolute Gasteiger partial charge is 0.398 e. The maximum absolute atomic E-state index is 11.9. The summed E-state index contributed by atoms with van der Waals surface area (Å²) in [6.07, 6.45) is 3.24. The minimum absolute atomic E-state index is 0.180. The van der Waals surface area contributed by atoms with E-state index in [-0.39, 0.29) is 5.91 Å². The number of nitrogens with two attached hydrogens (primary N) is 1. The van der Waals surface area contributed by atoms with Gasteiger partial charge in [-0.05, 0) is 19.1 Å². The molecule has 0 aliphatic heterocycles. The lowest BCUT2D eigenvalue weighted by Gasteiger charge is -2.07. The van der Waals surface area contributed by atoms with Gasteiger partial charge in [-0.15, -0.1) is 0 Å². The third-order valence-corrected chi connectivity index (χ3v) is 2.45. The highest BCUT2D eigenvalue weighted by Crippen LogP contribution is 2.13. The van der Waals surface area contributed by atoms with E-state index in [2.05, 4.69) is 15.3 Å². The number of benzene rings is 1. The summed E-state index contributed by atoms with van der Waals surface area (Å²) in [5.41, 5.74) is 8.60. The molecule has 0 unspecified atom stereocenters. The van der Waals surface area contributed by atoms with Gasteiger partial charge in [0.25, 0.3) is 5.91 Å². The van der Waals surface area contributed by atoms with Crippen molar-refractivity contribution in [3.63, 3.8) is 0 Å². The molecule has 0 fully saturated rings. The molecule has 0 saturated carbocycles. The molecule has 0 bridgehead atoms. The smallest absolute Gasteiger partial charge is 0.253 e. The van der Waals surface area contributed by atoms with Crippen LogP contribution in [0.1, 0.15) is 21.6 Å². The first-order chi connectivity index (χ1) is 8.16. The summed E-state index contributed by atoms with van der Waals surface area (Å²) < 4.78 is 0. The summed E-state index contributed by atoms with van der Waals surface area (Å²) >= 11 is 0. The van der Waals surface area contributed by atoms with Crippen LogP contribution in [0.5, 0.6) is 0 Å². The van der Waals surface area contributed by atoms with Crippen LogP contribution in [0.25, 0.3) is 0 Å². The lowest BCUT2D eigenvalue weighted by atomic mass is 10.1. The number of hydrogen-bond acceptors (Lipinski definition) is 3. The molecule has 17 heavy (non-hydrogen) atoms. The summed E-state index contributed by atoms with van der Waals surface area (Å²) in [6.45, 7) is 2.33. The fourth-order valence-corrected chi connectivity index (χ4v) is 1.52. The number of H-pyrrole nitrogens is 1. The first-order valence-electron chi connectivity index (χ1n) is 5.28. The predicted octanol–water partition coefficient (Wildman–Crippen LogP) is 1.23. The normalized spacial score (nSPS) is 10.2. The minimum Gasteiger partial charge on any atom is -0.398 e. The van der Waals surface area contributed by atoms with Gasteiger partial charge in [-0.25, -0.2) is 4.98 Å². The predicted molar refractivity (Wildman–Crippen MR) is 65.3 cm³/mol. The molecule has 4 N–H and O–H groups in total. The fourth-order valence-electron chi connectivity index (χ4n) is 1.52. The molecule has 5 heteroatoms. The lowest BCUT2D eigenvalue weighted by molar-refractivity contribution is 0.0951. The number of amides is 1. The Hall–Kier alpha value is -2.30. The van der Waals surface area contributed by atoms with Crippen LogP contribution in [-0.2, 0) is 6.54 Å². The van der Waals surface area contributed by atoms with Gasteiger partial charge in [0, 0.05) is 11.9 Å². The Balaban J connectivity index is 2.07. The summed E-state index contributed by atoms with van der Waals surface area (Å²) in [6, 6.07) is 5.39. The van der Waals surface area contributed by atoms with Crippen molar-refractivity contribution >= 4 is 11.6 Å². The number of anilines is 1. The Labute approximate surface area is 99.1 Å². The molecular formula is C12H14N4O. The maximum Gasteiger partial charge on any atom is 0.253 e. The Bertz CT molecular complexity index is 519. The van der Waals surface area contributed by atoms with Crippen molar-refractivity contribution in [2.24, 2.45) is 0 Å². The third-order valence-electron chi connectivity index (χ3n) is 2.45. The number of nitrogens with zero attached hydrogens (tertiary/aromatic N) is 1. The van der Waals surface area contributed by atoms with Crippen LogP contribution < -0.4 is 11.1 Å². The molecule has 1 aromatic heterocycles. The van der Waals surface area contributed by atoms with Crippen molar-refractivity contribution in [2.75, 3.05) is 5.73 Å². The number of carbonyl (C=O) groups excluding carboxylic acids is 1. The number of carbonyl (C=O) groups is 1. The van der Waals surface area contributed by atoms with Gasteiger partial charge >= 0.3 is 0 Å². The second-order valence-corrected chi connectivity index (χ2v) is 3.85. The van der Waals surface area contributed by atoms with Gasteiger partial charge in [0.05, 0.1) is 24.1 Å². The van der Waals surface area contributed by atoms with Gasteiger partial charge in [0.1, 0.15) is 0 Å². The Morgan fingerprint density at radius 3 is 3.06 bits per heavy atom. The molecule has 0 radical (unpaired) electrons. The second kappa shape index (κ2) is 4.69. The van der Waals surface area contributed by atoms with E-state index in [1.54, 1.807) is 24.7 Å². The van der Waals surface area contributed by atoms with Gasteiger partial charge in [-0.2, -0.15) is 0 Å². The van der Waals surface area contributed by atoms with Crippen LogP contribution in [0.3, 0.4) is 0 Å². The van der Waals surface area contributed by atoms with Gasteiger partial charge < -0.3 is 16.0 Å². The first-order valence-corrected chi connectivity index (χ1v) is 5.28. The summed E-state index contributed by atoms with van der Waals surface area (Å²) in [5, 5.41) is 2.78. The van der Waals surface area contributed by atoms with E-state index in [0.29, 0.717) is 17.8 Å².